The molecule has 0 radical (unpaired) electrons. The van der Waals surface area contributed by atoms with Crippen LogP contribution in [-0.2, 0) is 11.2 Å². The molecule has 0 spiro atoms. The van der Waals surface area contributed by atoms with Crippen molar-refractivity contribution in [2.45, 2.75) is 11.2 Å². The van der Waals surface area contributed by atoms with Crippen molar-refractivity contribution in [3.63, 3.8) is 0 Å². The van der Waals surface area contributed by atoms with Crippen molar-refractivity contribution >= 4 is 5.97 Å². The summed E-state index contributed by atoms with van der Waals surface area (Å²) in [4.78, 5) is 12.1. The third kappa shape index (κ3) is 3.32. The average Bonchev–Trinajstić information content (AvgIpc) is 2.84. The van der Waals surface area contributed by atoms with Gasteiger partial charge < -0.3 is 15.3 Å². The van der Waals surface area contributed by atoms with E-state index in [1.165, 1.54) is 6.07 Å². The Hall–Kier alpha value is -3.73. The lowest BCUT2D eigenvalue weighted by atomic mass is 9.65. The zero-order valence-electron chi connectivity index (χ0n) is 16.7. The molecule has 0 aromatic heterocycles. The Balaban J connectivity index is 2.15. The Morgan fingerprint density at radius 2 is 0.871 bits per heavy atom. The van der Waals surface area contributed by atoms with E-state index in [1.54, 1.807) is 97.1 Å². The van der Waals surface area contributed by atoms with Gasteiger partial charge in [0, 0.05) is 5.56 Å². The van der Waals surface area contributed by atoms with Gasteiger partial charge in [-0.25, -0.2) is 4.79 Å². The van der Waals surface area contributed by atoms with E-state index in [1.807, 2.05) is 12.1 Å². The fraction of sp³-hybridized carbons (Fsp3) is 0.0741. The lowest BCUT2D eigenvalue weighted by Crippen LogP contribution is -2.51. The third-order valence-electron chi connectivity index (χ3n) is 5.65. The van der Waals surface area contributed by atoms with Crippen LogP contribution in [0.1, 0.15) is 32.6 Å². The molecule has 0 saturated carbocycles. The largest absolute Gasteiger partial charge is 0.478 e. The maximum atomic E-state index is 12.5. The Kier molecular flexibility index (Phi) is 5.42. The highest BCUT2D eigenvalue weighted by Crippen LogP contribution is 2.50. The first-order chi connectivity index (χ1) is 15.0. The first kappa shape index (κ1) is 20.5. The third-order valence-corrected chi connectivity index (χ3v) is 5.65. The summed E-state index contributed by atoms with van der Waals surface area (Å²) >= 11 is 0. The van der Waals surface area contributed by atoms with E-state index >= 15 is 0 Å². The second kappa shape index (κ2) is 8.19. The number of carbonyl (C=O) groups is 1. The second-order valence-corrected chi connectivity index (χ2v) is 7.37. The van der Waals surface area contributed by atoms with Crippen molar-refractivity contribution in [1.29, 1.82) is 0 Å². The minimum absolute atomic E-state index is 0.0841. The van der Waals surface area contributed by atoms with Crippen LogP contribution in [0.15, 0.2) is 115 Å². The molecule has 0 saturated heterocycles. The summed E-state index contributed by atoms with van der Waals surface area (Å²) in [7, 11) is 0. The quantitative estimate of drug-likeness (QED) is 0.436. The monoisotopic (exact) mass is 410 g/mol. The van der Waals surface area contributed by atoms with Crippen LogP contribution >= 0.6 is 0 Å². The van der Waals surface area contributed by atoms with Crippen molar-refractivity contribution in [3.8, 4) is 0 Å². The molecule has 3 N–H and O–H groups in total. The lowest BCUT2D eigenvalue weighted by molar-refractivity contribution is -0.113. The van der Waals surface area contributed by atoms with Gasteiger partial charge in [0.25, 0.3) is 0 Å². The molecule has 4 aromatic rings. The molecule has 0 amide bonds. The van der Waals surface area contributed by atoms with Crippen LogP contribution < -0.4 is 0 Å². The number of hydrogen-bond donors (Lipinski definition) is 3. The summed E-state index contributed by atoms with van der Waals surface area (Å²) in [5.74, 6) is -1.19. The van der Waals surface area contributed by atoms with E-state index in [0.29, 0.717) is 16.7 Å². The summed E-state index contributed by atoms with van der Waals surface area (Å²) in [5, 5.41) is 34.8. The number of carboxylic acid groups (broad SMARTS) is 1. The molecule has 0 aliphatic carbocycles. The number of hydrogen-bond acceptors (Lipinski definition) is 3. The second-order valence-electron chi connectivity index (χ2n) is 7.37. The number of rotatable bonds is 6. The molecule has 154 valence electrons. The Bertz CT molecular complexity index is 1130. The normalized spacial score (nSPS) is 13.4. The highest BCUT2D eigenvalue weighted by atomic mass is 16.4. The molecule has 4 nitrogen and oxygen atoms in total. The van der Waals surface area contributed by atoms with E-state index < -0.39 is 17.2 Å². The van der Waals surface area contributed by atoms with Crippen LogP contribution in [0.3, 0.4) is 0 Å². The van der Waals surface area contributed by atoms with Crippen LogP contribution in [0.4, 0.5) is 0 Å². The molecular weight excluding hydrogens is 388 g/mol. The average molecular weight is 410 g/mol. The Labute approximate surface area is 180 Å². The van der Waals surface area contributed by atoms with Crippen LogP contribution in [0.25, 0.3) is 0 Å². The summed E-state index contributed by atoms with van der Waals surface area (Å²) in [6, 6.07) is 32.6. The first-order valence-electron chi connectivity index (χ1n) is 9.93. The predicted molar refractivity (Wildman–Crippen MR) is 119 cm³/mol. The van der Waals surface area contributed by atoms with Crippen LogP contribution in [0, 0.1) is 0 Å². The lowest BCUT2D eigenvalue weighted by Gasteiger charge is -2.45. The van der Waals surface area contributed by atoms with Gasteiger partial charge in [-0.2, -0.15) is 0 Å². The molecule has 0 fully saturated rings. The van der Waals surface area contributed by atoms with Crippen molar-refractivity contribution in [2.24, 2.45) is 0 Å². The number of carboxylic acids is 1. The van der Waals surface area contributed by atoms with Gasteiger partial charge in [0.15, 0.2) is 11.2 Å². The van der Waals surface area contributed by atoms with E-state index in [-0.39, 0.29) is 11.1 Å². The molecule has 1 atom stereocenters. The zero-order valence-corrected chi connectivity index (χ0v) is 16.7. The molecular formula is C27H22O4. The molecule has 0 aliphatic rings. The van der Waals surface area contributed by atoms with Crippen molar-refractivity contribution in [3.05, 3.63) is 143 Å². The van der Waals surface area contributed by atoms with Gasteiger partial charge >= 0.3 is 5.97 Å². The van der Waals surface area contributed by atoms with E-state index in [0.717, 1.165) is 0 Å². The van der Waals surface area contributed by atoms with Crippen LogP contribution in [-0.4, -0.2) is 21.3 Å². The topological polar surface area (TPSA) is 77.8 Å². The minimum Gasteiger partial charge on any atom is -0.478 e. The number of aromatic carboxylic acids is 1. The van der Waals surface area contributed by atoms with Crippen LogP contribution in [0.5, 0.6) is 0 Å². The highest BCUT2D eigenvalue weighted by molar-refractivity contribution is 5.90. The number of aliphatic hydroxyl groups is 2. The van der Waals surface area contributed by atoms with Crippen LogP contribution in [0.2, 0.25) is 0 Å². The number of benzene rings is 4. The molecule has 31 heavy (non-hydrogen) atoms. The summed E-state index contributed by atoms with van der Waals surface area (Å²) in [5.41, 5.74) is -2.82. The van der Waals surface area contributed by atoms with Crippen molar-refractivity contribution < 1.29 is 20.1 Å². The fourth-order valence-electron chi connectivity index (χ4n) is 4.17. The van der Waals surface area contributed by atoms with Crippen molar-refractivity contribution in [2.75, 3.05) is 0 Å². The first-order valence-corrected chi connectivity index (χ1v) is 9.93. The Morgan fingerprint density at radius 3 is 1.29 bits per heavy atom. The van der Waals surface area contributed by atoms with E-state index in [2.05, 4.69) is 0 Å². The standard InChI is InChI=1S/C27H22O4/c28-25(29)23-18-10-11-19-24(23)27(31,22-16-8-3-9-17-22)26(30,20-12-4-1-5-13-20)21-14-6-2-7-15-21/h1-19,30-31H,(H,28,29). The molecule has 4 aromatic carbocycles. The highest BCUT2D eigenvalue weighted by Gasteiger charge is 2.55. The Morgan fingerprint density at radius 1 is 0.516 bits per heavy atom. The van der Waals surface area contributed by atoms with E-state index in [4.69, 9.17) is 0 Å². The van der Waals surface area contributed by atoms with Gasteiger partial charge in [0.05, 0.1) is 5.56 Å². The summed E-state index contributed by atoms with van der Waals surface area (Å²) < 4.78 is 0. The molecule has 0 heterocycles. The molecule has 4 rings (SSSR count). The summed E-state index contributed by atoms with van der Waals surface area (Å²) in [6.07, 6.45) is 0. The molecule has 0 bridgehead atoms. The molecule has 4 heteroatoms. The molecule has 1 unspecified atom stereocenters. The van der Waals surface area contributed by atoms with Gasteiger partial charge in [-0.05, 0) is 22.8 Å². The van der Waals surface area contributed by atoms with Gasteiger partial charge in [-0.3, -0.25) is 0 Å². The molecule has 0 aliphatic heterocycles. The maximum absolute atomic E-state index is 12.5. The summed E-state index contributed by atoms with van der Waals surface area (Å²) in [6.45, 7) is 0. The van der Waals surface area contributed by atoms with Gasteiger partial charge in [0.1, 0.15) is 0 Å². The predicted octanol–water partition coefficient (Wildman–Crippen LogP) is 4.56. The van der Waals surface area contributed by atoms with Gasteiger partial charge in [-0.15, -0.1) is 0 Å². The maximum Gasteiger partial charge on any atom is 0.336 e. The zero-order chi connectivity index (χ0) is 21.9. The minimum atomic E-state index is -2.11. The van der Waals surface area contributed by atoms with Gasteiger partial charge in [-0.1, -0.05) is 109 Å². The fourth-order valence-corrected chi connectivity index (χ4v) is 4.17. The SMILES string of the molecule is O=C(O)c1ccccc1C(O)(c1ccccc1)C(O)(c1ccccc1)c1ccccc1. The van der Waals surface area contributed by atoms with Gasteiger partial charge in [0.2, 0.25) is 0 Å². The van der Waals surface area contributed by atoms with E-state index in [9.17, 15) is 20.1 Å². The van der Waals surface area contributed by atoms with Crippen molar-refractivity contribution in [1.82, 2.24) is 0 Å². The smallest absolute Gasteiger partial charge is 0.336 e.